The van der Waals surface area contributed by atoms with Crippen LogP contribution in [0.3, 0.4) is 0 Å². The molecule has 2 aromatic rings. The summed E-state index contributed by atoms with van der Waals surface area (Å²) in [7, 11) is 0. The summed E-state index contributed by atoms with van der Waals surface area (Å²) >= 11 is 2.99. The van der Waals surface area contributed by atoms with Crippen LogP contribution in [0.25, 0.3) is 10.9 Å². The third kappa shape index (κ3) is 9.77. The highest BCUT2D eigenvalue weighted by Crippen LogP contribution is 2.19. The van der Waals surface area contributed by atoms with Gasteiger partial charge in [0.05, 0.1) is 6.04 Å². The highest BCUT2D eigenvalue weighted by Gasteiger charge is 2.31. The lowest BCUT2D eigenvalue weighted by atomic mass is 9.98. The number of fused-ring (bicyclic) bond motifs is 1. The minimum absolute atomic E-state index is 0.0869. The number of carbonyl (C=O) groups excluding carboxylic acids is 3. The summed E-state index contributed by atoms with van der Waals surface area (Å²) in [5, 5.41) is 18.6. The van der Waals surface area contributed by atoms with E-state index in [-0.39, 0.29) is 18.8 Å². The van der Waals surface area contributed by atoms with Crippen molar-refractivity contribution in [1.82, 2.24) is 20.9 Å². The summed E-state index contributed by atoms with van der Waals surface area (Å²) in [4.78, 5) is 54.6. The summed E-state index contributed by atoms with van der Waals surface area (Å²) in [6.07, 6.45) is 6.98. The van der Waals surface area contributed by atoms with E-state index in [1.54, 1.807) is 6.20 Å². The molecule has 0 radical (unpaired) electrons. The first kappa shape index (κ1) is 32.5. The van der Waals surface area contributed by atoms with Crippen molar-refractivity contribution < 1.29 is 24.3 Å². The fraction of sp³-hybridized carbons (Fsp3) is 0.556. The van der Waals surface area contributed by atoms with E-state index >= 15 is 0 Å². The Morgan fingerprint density at radius 1 is 0.923 bits per heavy atom. The van der Waals surface area contributed by atoms with E-state index in [9.17, 15) is 24.3 Å². The zero-order chi connectivity index (χ0) is 28.9. The zero-order valence-electron chi connectivity index (χ0n) is 23.0. The molecule has 0 saturated carbocycles. The van der Waals surface area contributed by atoms with Crippen LogP contribution in [-0.2, 0) is 25.6 Å². The minimum atomic E-state index is -1.13. The normalized spacial score (nSPS) is 15.1. The smallest absolute Gasteiger partial charge is 0.326 e. The molecule has 0 aliphatic rings. The van der Waals surface area contributed by atoms with E-state index in [4.69, 9.17) is 5.73 Å². The van der Waals surface area contributed by atoms with E-state index in [0.29, 0.717) is 24.3 Å². The molecule has 0 aliphatic carbocycles. The van der Waals surface area contributed by atoms with E-state index in [1.165, 1.54) is 23.5 Å². The van der Waals surface area contributed by atoms with Gasteiger partial charge in [-0.1, -0.05) is 38.5 Å². The van der Waals surface area contributed by atoms with Gasteiger partial charge in [-0.3, -0.25) is 14.4 Å². The molecule has 0 bridgehead atoms. The van der Waals surface area contributed by atoms with Crippen LogP contribution in [0.4, 0.5) is 0 Å². The molecule has 5 atom stereocenters. The number of hydrogen-bond acceptors (Lipinski definition) is 7. The molecular weight excluding hydrogens is 538 g/mol. The maximum Gasteiger partial charge on any atom is 0.326 e. The standard InChI is InChI=1S/C27H41N5O5S2/c1-5-16(2)23(28)26(35)32-22(14-17-15-29-19-9-7-6-8-18(17)19)25(34)30-20(10-12-38-3)24(33)31-21(27(36)37)11-13-39-4/h6-9,15-16,20-23,29H,5,10-14,28H2,1-4H3,(H,30,34)(H,31,33)(H,32,35)(H,36,37). The van der Waals surface area contributed by atoms with Crippen molar-refractivity contribution in [3.05, 3.63) is 36.0 Å². The van der Waals surface area contributed by atoms with Gasteiger partial charge in [-0.05, 0) is 54.4 Å². The van der Waals surface area contributed by atoms with Gasteiger partial charge < -0.3 is 31.8 Å². The van der Waals surface area contributed by atoms with Crippen molar-refractivity contribution in [2.24, 2.45) is 11.7 Å². The van der Waals surface area contributed by atoms with Crippen LogP contribution in [0, 0.1) is 5.92 Å². The number of aliphatic carboxylic acids is 1. The van der Waals surface area contributed by atoms with E-state index < -0.39 is 47.9 Å². The first-order valence-electron chi connectivity index (χ1n) is 13.0. The summed E-state index contributed by atoms with van der Waals surface area (Å²) in [6.45, 7) is 3.81. The van der Waals surface area contributed by atoms with Crippen molar-refractivity contribution in [3.8, 4) is 0 Å². The van der Waals surface area contributed by atoms with Crippen molar-refractivity contribution in [2.45, 2.75) is 63.7 Å². The third-order valence-corrected chi connectivity index (χ3v) is 8.05. The van der Waals surface area contributed by atoms with Gasteiger partial charge in [0, 0.05) is 23.5 Å². The maximum atomic E-state index is 13.6. The van der Waals surface area contributed by atoms with E-state index in [2.05, 4.69) is 20.9 Å². The molecule has 2 rings (SSSR count). The number of aromatic amines is 1. The van der Waals surface area contributed by atoms with Crippen LogP contribution in [0.2, 0.25) is 0 Å². The average molecular weight is 580 g/mol. The minimum Gasteiger partial charge on any atom is -0.480 e. The number of aromatic nitrogens is 1. The molecule has 1 heterocycles. The second-order valence-corrected chi connectivity index (χ2v) is 11.5. The first-order valence-corrected chi connectivity index (χ1v) is 15.8. The van der Waals surface area contributed by atoms with Crippen LogP contribution in [-0.4, -0.2) is 82.0 Å². The van der Waals surface area contributed by atoms with Gasteiger partial charge in [-0.15, -0.1) is 0 Å². The van der Waals surface area contributed by atoms with Gasteiger partial charge in [0.2, 0.25) is 17.7 Å². The fourth-order valence-electron chi connectivity index (χ4n) is 4.05. The van der Waals surface area contributed by atoms with Crippen LogP contribution in [0.5, 0.6) is 0 Å². The number of H-pyrrole nitrogens is 1. The van der Waals surface area contributed by atoms with Gasteiger partial charge in [0.15, 0.2) is 0 Å². The second-order valence-electron chi connectivity index (χ2n) is 9.56. The molecule has 216 valence electrons. The predicted molar refractivity (Wildman–Crippen MR) is 159 cm³/mol. The molecular formula is C27H41N5O5S2. The fourth-order valence-corrected chi connectivity index (χ4v) is 5.00. The van der Waals surface area contributed by atoms with Crippen LogP contribution < -0.4 is 21.7 Å². The Labute approximate surface area is 238 Å². The molecule has 0 spiro atoms. The number of rotatable bonds is 17. The Balaban J connectivity index is 2.28. The Morgan fingerprint density at radius 3 is 2.10 bits per heavy atom. The molecule has 1 aromatic heterocycles. The van der Waals surface area contributed by atoms with Gasteiger partial charge in [0.1, 0.15) is 18.1 Å². The quantitative estimate of drug-likeness (QED) is 0.166. The Hall–Kier alpha value is -2.70. The number of benzene rings is 1. The Kier molecular flexibility index (Phi) is 13.7. The molecule has 0 fully saturated rings. The first-order chi connectivity index (χ1) is 18.6. The zero-order valence-corrected chi connectivity index (χ0v) is 24.6. The summed E-state index contributed by atoms with van der Waals surface area (Å²) < 4.78 is 0. The SMILES string of the molecule is CCC(C)C(N)C(=O)NC(Cc1c[nH]c2ccccc12)C(=O)NC(CCSC)C(=O)NC(CCSC)C(=O)O. The molecule has 10 nitrogen and oxygen atoms in total. The number of thioether (sulfide) groups is 2. The average Bonchev–Trinajstić information content (AvgIpc) is 3.34. The number of amides is 3. The molecule has 3 amide bonds. The van der Waals surface area contributed by atoms with Crippen molar-refractivity contribution in [2.75, 3.05) is 24.0 Å². The predicted octanol–water partition coefficient (Wildman–Crippen LogP) is 2.13. The number of carboxylic acids is 1. The van der Waals surface area contributed by atoms with Gasteiger partial charge in [-0.25, -0.2) is 4.79 Å². The van der Waals surface area contributed by atoms with Gasteiger partial charge in [0.25, 0.3) is 0 Å². The molecule has 12 heteroatoms. The largest absolute Gasteiger partial charge is 0.480 e. The lowest BCUT2D eigenvalue weighted by molar-refractivity contribution is -0.142. The number of nitrogens with one attached hydrogen (secondary N) is 4. The van der Waals surface area contributed by atoms with Gasteiger partial charge >= 0.3 is 5.97 Å². The van der Waals surface area contributed by atoms with Crippen LogP contribution in [0.1, 0.15) is 38.7 Å². The van der Waals surface area contributed by atoms with Crippen molar-refractivity contribution in [1.29, 1.82) is 0 Å². The second kappa shape index (κ2) is 16.4. The number of nitrogens with two attached hydrogens (primary N) is 1. The molecule has 5 unspecified atom stereocenters. The van der Waals surface area contributed by atoms with E-state index in [1.807, 2.05) is 50.6 Å². The summed E-state index contributed by atoms with van der Waals surface area (Å²) in [5.74, 6) is -1.64. The summed E-state index contributed by atoms with van der Waals surface area (Å²) in [6, 6.07) is 3.83. The Bertz CT molecular complexity index is 1110. The van der Waals surface area contributed by atoms with Crippen LogP contribution in [0.15, 0.2) is 30.5 Å². The number of para-hydroxylation sites is 1. The molecule has 0 saturated heterocycles. The lowest BCUT2D eigenvalue weighted by Gasteiger charge is -2.26. The summed E-state index contributed by atoms with van der Waals surface area (Å²) in [5.41, 5.74) is 7.88. The van der Waals surface area contributed by atoms with Crippen molar-refractivity contribution in [3.63, 3.8) is 0 Å². The highest BCUT2D eigenvalue weighted by molar-refractivity contribution is 7.98. The highest BCUT2D eigenvalue weighted by atomic mass is 32.2. The molecule has 1 aromatic carbocycles. The number of carboxylic acid groups (broad SMARTS) is 1. The van der Waals surface area contributed by atoms with Gasteiger partial charge in [-0.2, -0.15) is 23.5 Å². The molecule has 39 heavy (non-hydrogen) atoms. The molecule has 0 aliphatic heterocycles. The molecule has 7 N–H and O–H groups in total. The maximum absolute atomic E-state index is 13.6. The monoisotopic (exact) mass is 579 g/mol. The van der Waals surface area contributed by atoms with Crippen LogP contribution >= 0.6 is 23.5 Å². The third-order valence-electron chi connectivity index (χ3n) is 6.76. The topological polar surface area (TPSA) is 166 Å². The number of hydrogen-bond donors (Lipinski definition) is 6. The van der Waals surface area contributed by atoms with E-state index in [0.717, 1.165) is 16.5 Å². The van der Waals surface area contributed by atoms with Crippen molar-refractivity contribution >= 4 is 58.1 Å². The lowest BCUT2D eigenvalue weighted by Crippen LogP contribution is -2.58. The Morgan fingerprint density at radius 2 is 1.49 bits per heavy atom. The number of carbonyl (C=O) groups is 4.